The van der Waals surface area contributed by atoms with Crippen LogP contribution in [0, 0.1) is 0 Å². The van der Waals surface area contributed by atoms with Crippen molar-refractivity contribution in [1.29, 1.82) is 0 Å². The molecule has 0 aromatic heterocycles. The number of ether oxygens (including phenoxy) is 2. The first-order chi connectivity index (χ1) is 7.34. The zero-order valence-corrected chi connectivity index (χ0v) is 8.53. The summed E-state index contributed by atoms with van der Waals surface area (Å²) in [7, 11) is 0. The van der Waals surface area contributed by atoms with Crippen molar-refractivity contribution in [3.63, 3.8) is 0 Å². The number of aliphatic hydroxyl groups is 1. The summed E-state index contributed by atoms with van der Waals surface area (Å²) in [6, 6.07) is 6.21. The van der Waals surface area contributed by atoms with Crippen LogP contribution in [0.2, 0.25) is 0 Å². The molecule has 0 aliphatic carbocycles. The van der Waals surface area contributed by atoms with Gasteiger partial charge in [-0.2, -0.15) is 0 Å². The maximum Gasteiger partial charge on any atom is 0.122 e. The van der Waals surface area contributed by atoms with E-state index in [9.17, 15) is 5.11 Å². The van der Waals surface area contributed by atoms with Crippen molar-refractivity contribution in [3.8, 4) is 5.75 Å². The minimum absolute atomic E-state index is 0.155. The smallest absolute Gasteiger partial charge is 0.122 e. The fourth-order valence-corrected chi connectivity index (χ4v) is 2.21. The number of hydrogen-bond acceptors (Lipinski definition) is 3. The Hall–Kier alpha value is -1.06. The van der Waals surface area contributed by atoms with Gasteiger partial charge >= 0.3 is 0 Å². The summed E-state index contributed by atoms with van der Waals surface area (Å²) in [5.74, 6) is 0.993. The predicted molar refractivity (Wildman–Crippen MR) is 55.2 cm³/mol. The molecule has 2 aliphatic rings. The lowest BCUT2D eigenvalue weighted by molar-refractivity contribution is -0.0841. The second-order valence-electron chi connectivity index (χ2n) is 4.35. The fraction of sp³-hybridized carbons (Fsp3) is 0.500. The first-order valence-corrected chi connectivity index (χ1v) is 5.29. The van der Waals surface area contributed by atoms with Crippen molar-refractivity contribution in [2.45, 2.75) is 11.8 Å². The van der Waals surface area contributed by atoms with E-state index < -0.39 is 0 Å². The highest BCUT2D eigenvalue weighted by Crippen LogP contribution is 2.35. The van der Waals surface area contributed by atoms with Crippen LogP contribution in [0.5, 0.6) is 5.75 Å². The van der Waals surface area contributed by atoms with Gasteiger partial charge in [-0.05, 0) is 17.2 Å². The van der Waals surface area contributed by atoms with E-state index in [2.05, 4.69) is 6.07 Å². The number of aliphatic hydroxyl groups excluding tert-OH is 1. The van der Waals surface area contributed by atoms with Crippen molar-refractivity contribution >= 4 is 0 Å². The molecule has 3 rings (SSSR count). The van der Waals surface area contributed by atoms with Gasteiger partial charge in [0, 0.05) is 6.42 Å². The van der Waals surface area contributed by atoms with Crippen LogP contribution in [0.25, 0.3) is 0 Å². The van der Waals surface area contributed by atoms with Crippen molar-refractivity contribution in [3.05, 3.63) is 29.3 Å². The molecule has 0 atom stereocenters. The molecule has 3 heteroatoms. The Morgan fingerprint density at radius 1 is 1.33 bits per heavy atom. The molecule has 2 heterocycles. The lowest BCUT2D eigenvalue weighted by Crippen LogP contribution is -2.49. The summed E-state index contributed by atoms with van der Waals surface area (Å²) < 4.78 is 10.7. The Morgan fingerprint density at radius 2 is 2.20 bits per heavy atom. The zero-order valence-electron chi connectivity index (χ0n) is 8.53. The molecule has 0 amide bonds. The van der Waals surface area contributed by atoms with Gasteiger partial charge in [0.2, 0.25) is 0 Å². The summed E-state index contributed by atoms with van der Waals surface area (Å²) in [6.45, 7) is 2.19. The summed E-state index contributed by atoms with van der Waals surface area (Å²) in [5.41, 5.74) is 2.28. The number of rotatable bonds is 2. The largest absolute Gasteiger partial charge is 0.493 e. The monoisotopic (exact) mass is 206 g/mol. The van der Waals surface area contributed by atoms with Gasteiger partial charge in [0.25, 0.3) is 0 Å². The molecule has 0 radical (unpaired) electrons. The molecule has 15 heavy (non-hydrogen) atoms. The maximum absolute atomic E-state index is 9.43. The van der Waals surface area contributed by atoms with Gasteiger partial charge in [-0.15, -0.1) is 0 Å². The third-order valence-electron chi connectivity index (χ3n) is 3.36. The molecule has 1 saturated heterocycles. The highest BCUT2D eigenvalue weighted by Gasteiger charge is 2.40. The van der Waals surface area contributed by atoms with Gasteiger partial charge in [0.1, 0.15) is 5.75 Å². The molecule has 0 saturated carbocycles. The molecule has 2 aliphatic heterocycles. The van der Waals surface area contributed by atoms with Gasteiger partial charge in [-0.1, -0.05) is 12.1 Å². The molecule has 0 bridgehead atoms. The summed E-state index contributed by atoms with van der Waals surface area (Å²) >= 11 is 0. The van der Waals surface area contributed by atoms with E-state index in [1.165, 1.54) is 11.1 Å². The average Bonchev–Trinajstić information content (AvgIpc) is 2.64. The molecule has 1 fully saturated rings. The van der Waals surface area contributed by atoms with Crippen molar-refractivity contribution < 1.29 is 14.6 Å². The van der Waals surface area contributed by atoms with Crippen LogP contribution in [-0.4, -0.2) is 31.5 Å². The summed E-state index contributed by atoms with van der Waals surface area (Å²) in [5, 5.41) is 9.43. The lowest BCUT2D eigenvalue weighted by Gasteiger charge is -2.40. The Kier molecular flexibility index (Phi) is 1.97. The Morgan fingerprint density at radius 3 is 2.87 bits per heavy atom. The van der Waals surface area contributed by atoms with Crippen molar-refractivity contribution in [2.75, 3.05) is 26.4 Å². The summed E-state index contributed by atoms with van der Waals surface area (Å²) in [4.78, 5) is 0. The molecule has 0 spiro atoms. The topological polar surface area (TPSA) is 38.7 Å². The Labute approximate surface area is 88.6 Å². The minimum atomic E-state index is -0.155. The average molecular weight is 206 g/mol. The van der Waals surface area contributed by atoms with Crippen LogP contribution >= 0.6 is 0 Å². The number of fused-ring (bicyclic) bond motifs is 1. The molecule has 1 aromatic rings. The molecular weight excluding hydrogens is 192 g/mol. The van der Waals surface area contributed by atoms with Crippen LogP contribution in [0.4, 0.5) is 0 Å². The lowest BCUT2D eigenvalue weighted by atomic mass is 9.79. The predicted octanol–water partition coefficient (Wildman–Crippen LogP) is 0.882. The van der Waals surface area contributed by atoms with E-state index in [-0.39, 0.29) is 12.0 Å². The first-order valence-electron chi connectivity index (χ1n) is 5.29. The Bertz CT molecular complexity index is 377. The molecule has 1 aromatic carbocycles. The molecule has 0 unspecified atom stereocenters. The SMILES string of the molecule is OCC1(c2ccc3c(c2)CCO3)COC1. The normalized spacial score (nSPS) is 21.7. The number of benzene rings is 1. The van der Waals surface area contributed by atoms with Gasteiger partial charge in [-0.25, -0.2) is 0 Å². The van der Waals surface area contributed by atoms with Crippen LogP contribution in [0.3, 0.4) is 0 Å². The minimum Gasteiger partial charge on any atom is -0.493 e. The Balaban J connectivity index is 1.98. The molecule has 80 valence electrons. The van der Waals surface area contributed by atoms with Crippen LogP contribution in [0.15, 0.2) is 18.2 Å². The molecule has 3 nitrogen and oxygen atoms in total. The zero-order chi connectivity index (χ0) is 10.3. The van der Waals surface area contributed by atoms with Crippen LogP contribution in [0.1, 0.15) is 11.1 Å². The standard InChI is InChI=1S/C12H14O3/c13-6-12(7-14-8-12)10-1-2-11-9(5-10)3-4-15-11/h1-2,5,13H,3-4,6-8H2. The fourth-order valence-electron chi connectivity index (χ4n) is 2.21. The van der Waals surface area contributed by atoms with Crippen molar-refractivity contribution in [1.82, 2.24) is 0 Å². The maximum atomic E-state index is 9.43. The second kappa shape index (κ2) is 3.22. The van der Waals surface area contributed by atoms with Gasteiger partial charge in [0.05, 0.1) is 31.8 Å². The first kappa shape index (κ1) is 9.19. The number of hydrogen-bond donors (Lipinski definition) is 1. The quantitative estimate of drug-likeness (QED) is 0.780. The van der Waals surface area contributed by atoms with Gasteiger partial charge in [-0.3, -0.25) is 0 Å². The van der Waals surface area contributed by atoms with E-state index in [0.29, 0.717) is 13.2 Å². The van der Waals surface area contributed by atoms with E-state index in [4.69, 9.17) is 9.47 Å². The third kappa shape index (κ3) is 1.27. The van der Waals surface area contributed by atoms with Gasteiger partial charge in [0.15, 0.2) is 0 Å². The van der Waals surface area contributed by atoms with Crippen LogP contribution in [-0.2, 0) is 16.6 Å². The highest BCUT2D eigenvalue weighted by molar-refractivity contribution is 5.43. The molecule has 1 N–H and O–H groups in total. The van der Waals surface area contributed by atoms with E-state index in [1.54, 1.807) is 0 Å². The van der Waals surface area contributed by atoms with E-state index in [0.717, 1.165) is 18.8 Å². The summed E-state index contributed by atoms with van der Waals surface area (Å²) in [6.07, 6.45) is 0.978. The molecular formula is C12H14O3. The van der Waals surface area contributed by atoms with E-state index in [1.807, 2.05) is 12.1 Å². The highest BCUT2D eigenvalue weighted by atomic mass is 16.5. The van der Waals surface area contributed by atoms with Crippen LogP contribution < -0.4 is 4.74 Å². The van der Waals surface area contributed by atoms with E-state index >= 15 is 0 Å². The van der Waals surface area contributed by atoms with Crippen molar-refractivity contribution in [2.24, 2.45) is 0 Å². The second-order valence-corrected chi connectivity index (χ2v) is 4.35. The third-order valence-corrected chi connectivity index (χ3v) is 3.36. The van der Waals surface area contributed by atoms with Gasteiger partial charge < -0.3 is 14.6 Å².